The van der Waals surface area contributed by atoms with Gasteiger partial charge in [0.05, 0.1) is 15.8 Å². The molecule has 2 amide bonds. The van der Waals surface area contributed by atoms with Gasteiger partial charge in [-0.25, -0.2) is 17.7 Å². The first-order chi connectivity index (χ1) is 14.8. The largest absolute Gasteiger partial charge is 0.280 e. The normalized spacial score (nSPS) is 16.5. The summed E-state index contributed by atoms with van der Waals surface area (Å²) < 4.78 is 40.5. The van der Waals surface area contributed by atoms with Crippen molar-refractivity contribution < 1.29 is 22.4 Å². The Morgan fingerprint density at radius 2 is 1.55 bits per heavy atom. The third kappa shape index (κ3) is 4.62. The topological polar surface area (TPSA) is 83.5 Å². The molecule has 3 aromatic carbocycles. The maximum atomic E-state index is 13.1. The maximum Gasteiger partial charge on any atom is 0.261 e. The highest BCUT2D eigenvalue weighted by Gasteiger charge is 2.40. The van der Waals surface area contributed by atoms with Crippen LogP contribution in [0.25, 0.3) is 0 Å². The van der Waals surface area contributed by atoms with Gasteiger partial charge in [0.15, 0.2) is 0 Å². The lowest BCUT2D eigenvalue weighted by Gasteiger charge is -2.15. The minimum atomic E-state index is -3.69. The number of rotatable bonds is 6. The average molecular weight is 457 g/mol. The van der Waals surface area contributed by atoms with E-state index in [1.54, 1.807) is 42.5 Å². The van der Waals surface area contributed by atoms with E-state index in [2.05, 4.69) is 4.72 Å². The summed E-state index contributed by atoms with van der Waals surface area (Å²) in [7, 11) is -3.69. The monoisotopic (exact) mass is 456 g/mol. The molecule has 1 heterocycles. The molecule has 1 unspecified atom stereocenters. The van der Waals surface area contributed by atoms with Crippen molar-refractivity contribution in [1.82, 2.24) is 0 Å². The number of nitrogens with one attached hydrogen (secondary N) is 1. The predicted molar refractivity (Wildman–Crippen MR) is 117 cm³/mol. The summed E-state index contributed by atoms with van der Waals surface area (Å²) in [4.78, 5) is 27.0. The first kappa shape index (κ1) is 21.1. The number of carbonyl (C=O) groups excluding carboxylic acids is 2. The van der Waals surface area contributed by atoms with Crippen LogP contribution in [0.1, 0.15) is 6.42 Å². The average Bonchev–Trinajstić information content (AvgIpc) is 3.03. The molecule has 4 rings (SSSR count). The van der Waals surface area contributed by atoms with E-state index in [0.29, 0.717) is 11.4 Å². The van der Waals surface area contributed by atoms with Crippen LogP contribution in [0, 0.1) is 5.82 Å². The fourth-order valence-corrected chi connectivity index (χ4v) is 5.27. The molecule has 0 aliphatic carbocycles. The zero-order chi connectivity index (χ0) is 22.0. The molecule has 0 spiro atoms. The number of carbonyl (C=O) groups is 2. The Bertz CT molecular complexity index is 1210. The fourth-order valence-electron chi connectivity index (χ4n) is 3.14. The molecule has 31 heavy (non-hydrogen) atoms. The number of amides is 2. The third-order valence-electron chi connectivity index (χ3n) is 4.63. The van der Waals surface area contributed by atoms with Crippen molar-refractivity contribution in [2.45, 2.75) is 21.5 Å². The first-order valence-corrected chi connectivity index (χ1v) is 11.7. The van der Waals surface area contributed by atoms with Crippen LogP contribution < -0.4 is 9.62 Å². The van der Waals surface area contributed by atoms with Crippen molar-refractivity contribution in [3.63, 3.8) is 0 Å². The number of hydrogen-bond acceptors (Lipinski definition) is 5. The van der Waals surface area contributed by atoms with Crippen LogP contribution in [0.15, 0.2) is 88.7 Å². The molecule has 1 atom stereocenters. The molecular formula is C22H17FN2O4S2. The summed E-state index contributed by atoms with van der Waals surface area (Å²) in [6, 6.07) is 19.8. The highest BCUT2D eigenvalue weighted by molar-refractivity contribution is 8.00. The molecular weight excluding hydrogens is 439 g/mol. The van der Waals surface area contributed by atoms with Crippen LogP contribution in [0.3, 0.4) is 0 Å². The highest BCUT2D eigenvalue weighted by atomic mass is 32.2. The zero-order valence-electron chi connectivity index (χ0n) is 16.1. The van der Waals surface area contributed by atoms with Crippen LogP contribution in [-0.2, 0) is 19.6 Å². The molecule has 1 aliphatic heterocycles. The van der Waals surface area contributed by atoms with Gasteiger partial charge in [-0.15, -0.1) is 11.8 Å². The van der Waals surface area contributed by atoms with Gasteiger partial charge in [0.25, 0.3) is 10.0 Å². The third-order valence-corrected chi connectivity index (χ3v) is 7.22. The molecule has 1 N–H and O–H groups in total. The molecule has 1 fully saturated rings. The van der Waals surface area contributed by atoms with Crippen molar-refractivity contribution in [2.75, 3.05) is 9.62 Å². The number of halogens is 1. The summed E-state index contributed by atoms with van der Waals surface area (Å²) in [5.41, 5.74) is 0.722. The molecule has 1 saturated heterocycles. The summed E-state index contributed by atoms with van der Waals surface area (Å²) >= 11 is 1.22. The number of sulfonamides is 1. The lowest BCUT2D eigenvalue weighted by Crippen LogP contribution is -2.31. The molecule has 6 nitrogen and oxygen atoms in total. The van der Waals surface area contributed by atoms with E-state index in [9.17, 15) is 22.4 Å². The highest BCUT2D eigenvalue weighted by Crippen LogP contribution is 2.34. The molecule has 158 valence electrons. The minimum Gasteiger partial charge on any atom is -0.280 e. The molecule has 9 heteroatoms. The standard InChI is InChI=1S/C22H17FN2O4S2/c23-15-6-10-17(11-7-15)25-21(26)14-20(22(25)27)30-18-12-8-16(9-13-18)24-31(28,29)19-4-2-1-3-5-19/h1-13,20,24H,14H2. The smallest absolute Gasteiger partial charge is 0.261 e. The second-order valence-electron chi connectivity index (χ2n) is 6.80. The Hall–Kier alpha value is -3.17. The lowest BCUT2D eigenvalue weighted by atomic mass is 10.3. The summed E-state index contributed by atoms with van der Waals surface area (Å²) in [6.45, 7) is 0. The number of thioether (sulfide) groups is 1. The summed E-state index contributed by atoms with van der Waals surface area (Å²) in [5, 5.41) is -0.607. The van der Waals surface area contributed by atoms with Gasteiger partial charge in [0.1, 0.15) is 5.82 Å². The second kappa shape index (κ2) is 8.52. The van der Waals surface area contributed by atoms with E-state index >= 15 is 0 Å². The Labute approximate surface area is 183 Å². The van der Waals surface area contributed by atoms with Crippen molar-refractivity contribution >= 4 is 45.0 Å². The Morgan fingerprint density at radius 3 is 2.19 bits per heavy atom. The van der Waals surface area contributed by atoms with Crippen molar-refractivity contribution in [1.29, 1.82) is 0 Å². The minimum absolute atomic E-state index is 0.0310. The maximum absolute atomic E-state index is 13.1. The second-order valence-corrected chi connectivity index (χ2v) is 9.76. The SMILES string of the molecule is O=C1CC(Sc2ccc(NS(=O)(=O)c3ccccc3)cc2)C(=O)N1c1ccc(F)cc1. The van der Waals surface area contributed by atoms with Crippen LogP contribution in [0.5, 0.6) is 0 Å². The number of nitrogens with zero attached hydrogens (tertiary/aromatic N) is 1. The van der Waals surface area contributed by atoms with Gasteiger partial charge in [-0.1, -0.05) is 18.2 Å². The fraction of sp³-hybridized carbons (Fsp3) is 0.0909. The van der Waals surface area contributed by atoms with E-state index in [-0.39, 0.29) is 23.1 Å². The van der Waals surface area contributed by atoms with Crippen LogP contribution in [0.4, 0.5) is 15.8 Å². The van der Waals surface area contributed by atoms with Gasteiger partial charge >= 0.3 is 0 Å². The van der Waals surface area contributed by atoms with Gasteiger partial charge < -0.3 is 0 Å². The van der Waals surface area contributed by atoms with Crippen molar-refractivity contribution in [2.24, 2.45) is 0 Å². The number of benzene rings is 3. The lowest BCUT2D eigenvalue weighted by molar-refractivity contribution is -0.121. The zero-order valence-corrected chi connectivity index (χ0v) is 17.7. The van der Waals surface area contributed by atoms with Crippen molar-refractivity contribution in [3.05, 3.63) is 84.7 Å². The van der Waals surface area contributed by atoms with E-state index < -0.39 is 21.1 Å². The number of anilines is 2. The first-order valence-electron chi connectivity index (χ1n) is 9.30. The van der Waals surface area contributed by atoms with Crippen LogP contribution in [0.2, 0.25) is 0 Å². The van der Waals surface area contributed by atoms with E-state index in [4.69, 9.17) is 0 Å². The summed E-state index contributed by atoms with van der Waals surface area (Å²) in [6.07, 6.45) is 0.0310. The van der Waals surface area contributed by atoms with Gasteiger partial charge in [-0.3, -0.25) is 14.3 Å². The summed E-state index contributed by atoms with van der Waals surface area (Å²) in [5.74, 6) is -1.16. The van der Waals surface area contributed by atoms with Gasteiger partial charge in [-0.2, -0.15) is 0 Å². The van der Waals surface area contributed by atoms with E-state index in [1.165, 1.54) is 48.2 Å². The van der Waals surface area contributed by atoms with E-state index in [0.717, 1.165) is 9.80 Å². The quantitative estimate of drug-likeness (QED) is 0.566. The van der Waals surface area contributed by atoms with E-state index in [1.807, 2.05) is 0 Å². The van der Waals surface area contributed by atoms with Crippen LogP contribution >= 0.6 is 11.8 Å². The molecule has 1 aliphatic rings. The molecule has 0 aromatic heterocycles. The Kier molecular flexibility index (Phi) is 5.79. The number of imide groups is 1. The Morgan fingerprint density at radius 1 is 0.903 bits per heavy atom. The Balaban J connectivity index is 1.44. The predicted octanol–water partition coefficient (Wildman–Crippen LogP) is 4.05. The number of hydrogen-bond donors (Lipinski definition) is 1. The molecule has 3 aromatic rings. The molecule has 0 radical (unpaired) electrons. The van der Waals surface area contributed by atoms with Crippen LogP contribution in [-0.4, -0.2) is 25.5 Å². The van der Waals surface area contributed by atoms with Crippen molar-refractivity contribution in [3.8, 4) is 0 Å². The van der Waals surface area contributed by atoms with Gasteiger partial charge in [0, 0.05) is 17.0 Å². The molecule has 0 bridgehead atoms. The molecule has 0 saturated carbocycles. The van der Waals surface area contributed by atoms with Gasteiger partial charge in [0.2, 0.25) is 11.8 Å². The van der Waals surface area contributed by atoms with Gasteiger partial charge in [-0.05, 0) is 60.7 Å².